The SMILES string of the molecule is CCCCCN(/C=C/C=C(C(=O)OCC)C(=O)OCC)CCCC. The van der Waals surface area contributed by atoms with Crippen molar-refractivity contribution in [2.24, 2.45) is 0 Å². The van der Waals surface area contributed by atoms with E-state index in [1.54, 1.807) is 19.9 Å². The summed E-state index contributed by atoms with van der Waals surface area (Å²) in [6.45, 7) is 10.1. The summed E-state index contributed by atoms with van der Waals surface area (Å²) in [6.07, 6.45) is 10.9. The summed E-state index contributed by atoms with van der Waals surface area (Å²) in [6, 6.07) is 0. The molecule has 0 aromatic heterocycles. The zero-order valence-electron chi connectivity index (χ0n) is 15.7. The molecule has 5 heteroatoms. The van der Waals surface area contributed by atoms with Gasteiger partial charge in [-0.2, -0.15) is 0 Å². The van der Waals surface area contributed by atoms with Crippen LogP contribution in [-0.4, -0.2) is 43.1 Å². The average molecular weight is 339 g/mol. The third-order valence-corrected chi connectivity index (χ3v) is 3.40. The van der Waals surface area contributed by atoms with Crippen LogP contribution >= 0.6 is 0 Å². The van der Waals surface area contributed by atoms with E-state index in [1.165, 1.54) is 18.9 Å². The Kier molecular flexibility index (Phi) is 13.7. The van der Waals surface area contributed by atoms with Gasteiger partial charge in [-0.25, -0.2) is 9.59 Å². The summed E-state index contributed by atoms with van der Waals surface area (Å²) in [5.74, 6) is -1.29. The van der Waals surface area contributed by atoms with Crippen LogP contribution in [0.3, 0.4) is 0 Å². The van der Waals surface area contributed by atoms with Crippen molar-refractivity contribution in [1.82, 2.24) is 4.90 Å². The molecule has 0 amide bonds. The van der Waals surface area contributed by atoms with Crippen LogP contribution in [-0.2, 0) is 19.1 Å². The van der Waals surface area contributed by atoms with Gasteiger partial charge in [-0.15, -0.1) is 0 Å². The fourth-order valence-electron chi connectivity index (χ4n) is 2.09. The summed E-state index contributed by atoms with van der Waals surface area (Å²) in [5.41, 5.74) is -0.0704. The van der Waals surface area contributed by atoms with Gasteiger partial charge in [-0.05, 0) is 45.0 Å². The van der Waals surface area contributed by atoms with Gasteiger partial charge in [0.25, 0.3) is 0 Å². The number of rotatable bonds is 13. The molecule has 0 aliphatic heterocycles. The van der Waals surface area contributed by atoms with Crippen molar-refractivity contribution in [2.45, 2.75) is 59.8 Å². The zero-order valence-corrected chi connectivity index (χ0v) is 15.7. The number of hydrogen-bond acceptors (Lipinski definition) is 5. The molecule has 5 nitrogen and oxygen atoms in total. The topological polar surface area (TPSA) is 55.8 Å². The lowest BCUT2D eigenvalue weighted by atomic mass is 10.2. The van der Waals surface area contributed by atoms with E-state index in [0.29, 0.717) is 0 Å². The fourth-order valence-corrected chi connectivity index (χ4v) is 2.09. The molecular formula is C19H33NO4. The first-order chi connectivity index (χ1) is 11.6. The smallest absolute Gasteiger partial charge is 0.345 e. The van der Waals surface area contributed by atoms with Crippen molar-refractivity contribution < 1.29 is 19.1 Å². The van der Waals surface area contributed by atoms with Crippen molar-refractivity contribution in [3.05, 3.63) is 23.9 Å². The van der Waals surface area contributed by atoms with E-state index >= 15 is 0 Å². The maximum absolute atomic E-state index is 11.9. The van der Waals surface area contributed by atoms with Gasteiger partial charge >= 0.3 is 11.9 Å². The Morgan fingerprint density at radius 2 is 1.38 bits per heavy atom. The molecule has 0 heterocycles. The van der Waals surface area contributed by atoms with Crippen molar-refractivity contribution in [1.29, 1.82) is 0 Å². The first-order valence-corrected chi connectivity index (χ1v) is 9.07. The van der Waals surface area contributed by atoms with Gasteiger partial charge in [0.15, 0.2) is 0 Å². The fraction of sp³-hybridized carbons (Fsp3) is 0.684. The van der Waals surface area contributed by atoms with Gasteiger partial charge in [0, 0.05) is 13.1 Å². The van der Waals surface area contributed by atoms with Gasteiger partial charge in [-0.1, -0.05) is 33.1 Å². The number of carbonyl (C=O) groups excluding carboxylic acids is 2. The largest absolute Gasteiger partial charge is 0.462 e. The van der Waals surface area contributed by atoms with Crippen LogP contribution in [0.2, 0.25) is 0 Å². The van der Waals surface area contributed by atoms with Gasteiger partial charge in [0.2, 0.25) is 0 Å². The highest BCUT2D eigenvalue weighted by molar-refractivity contribution is 6.14. The van der Waals surface area contributed by atoms with Gasteiger partial charge in [0.05, 0.1) is 13.2 Å². The van der Waals surface area contributed by atoms with Crippen molar-refractivity contribution in [3.63, 3.8) is 0 Å². The van der Waals surface area contributed by atoms with E-state index in [0.717, 1.165) is 32.4 Å². The molecule has 0 saturated heterocycles. The molecule has 0 atom stereocenters. The van der Waals surface area contributed by atoms with E-state index < -0.39 is 11.9 Å². The first kappa shape index (κ1) is 22.2. The highest BCUT2D eigenvalue weighted by atomic mass is 16.6. The van der Waals surface area contributed by atoms with Gasteiger partial charge < -0.3 is 14.4 Å². The van der Waals surface area contributed by atoms with Gasteiger partial charge in [-0.3, -0.25) is 0 Å². The van der Waals surface area contributed by atoms with Crippen LogP contribution in [0.25, 0.3) is 0 Å². The minimum atomic E-state index is -0.647. The van der Waals surface area contributed by atoms with Crippen LogP contribution in [0.5, 0.6) is 0 Å². The highest BCUT2D eigenvalue weighted by Crippen LogP contribution is 2.05. The summed E-state index contributed by atoms with van der Waals surface area (Å²) >= 11 is 0. The summed E-state index contributed by atoms with van der Waals surface area (Å²) < 4.78 is 9.84. The quantitative estimate of drug-likeness (QED) is 0.127. The Bertz CT molecular complexity index is 396. The Labute approximate surface area is 146 Å². The first-order valence-electron chi connectivity index (χ1n) is 9.07. The Balaban J connectivity index is 4.95. The molecule has 138 valence electrons. The molecule has 0 N–H and O–H groups in total. The highest BCUT2D eigenvalue weighted by Gasteiger charge is 2.19. The normalized spacial score (nSPS) is 10.5. The molecule has 0 bridgehead atoms. The van der Waals surface area contributed by atoms with Crippen LogP contribution in [0.15, 0.2) is 23.9 Å². The number of carbonyl (C=O) groups is 2. The number of hydrogen-bond donors (Lipinski definition) is 0. The monoisotopic (exact) mass is 339 g/mol. The molecular weight excluding hydrogens is 306 g/mol. The Morgan fingerprint density at radius 1 is 0.833 bits per heavy atom. The average Bonchev–Trinajstić information content (AvgIpc) is 2.56. The molecule has 24 heavy (non-hydrogen) atoms. The summed E-state index contributed by atoms with van der Waals surface area (Å²) in [4.78, 5) is 26.0. The lowest BCUT2D eigenvalue weighted by molar-refractivity contribution is -0.146. The number of nitrogens with zero attached hydrogens (tertiary/aromatic N) is 1. The maximum Gasteiger partial charge on any atom is 0.345 e. The third kappa shape index (κ3) is 10.1. The molecule has 0 unspecified atom stereocenters. The number of allylic oxidation sites excluding steroid dienone is 2. The van der Waals surface area contributed by atoms with E-state index in [4.69, 9.17) is 9.47 Å². The minimum Gasteiger partial charge on any atom is -0.462 e. The second-order valence-corrected chi connectivity index (χ2v) is 5.46. The molecule has 0 aliphatic rings. The second-order valence-electron chi connectivity index (χ2n) is 5.46. The standard InChI is InChI=1S/C19H33NO4/c1-5-9-11-15-20(14-10-6-2)16-12-13-17(18(21)23-7-3)19(22)24-8-4/h12-13,16H,5-11,14-15H2,1-4H3/b16-12+. The van der Waals surface area contributed by atoms with Gasteiger partial charge in [0.1, 0.15) is 5.57 Å². The summed E-state index contributed by atoms with van der Waals surface area (Å²) in [7, 11) is 0. The van der Waals surface area contributed by atoms with Crippen molar-refractivity contribution in [3.8, 4) is 0 Å². The van der Waals surface area contributed by atoms with E-state index in [9.17, 15) is 9.59 Å². The number of esters is 2. The second kappa shape index (κ2) is 14.8. The molecule has 0 aromatic rings. The molecule has 0 radical (unpaired) electrons. The van der Waals surface area contributed by atoms with Crippen LogP contribution in [0.1, 0.15) is 59.8 Å². The molecule has 0 aromatic carbocycles. The number of ether oxygens (including phenoxy) is 2. The molecule has 0 rings (SSSR count). The Morgan fingerprint density at radius 3 is 1.88 bits per heavy atom. The molecule has 0 saturated carbocycles. The molecule has 0 spiro atoms. The van der Waals surface area contributed by atoms with Crippen LogP contribution in [0.4, 0.5) is 0 Å². The van der Waals surface area contributed by atoms with E-state index in [-0.39, 0.29) is 18.8 Å². The predicted octanol–water partition coefficient (Wildman–Crippen LogP) is 3.85. The van der Waals surface area contributed by atoms with Crippen molar-refractivity contribution >= 4 is 11.9 Å². The molecule has 0 fully saturated rings. The van der Waals surface area contributed by atoms with E-state index in [1.807, 2.05) is 6.20 Å². The lowest BCUT2D eigenvalue weighted by Crippen LogP contribution is -2.20. The molecule has 0 aliphatic carbocycles. The minimum absolute atomic E-state index is 0.0704. The third-order valence-electron chi connectivity index (χ3n) is 3.40. The Hall–Kier alpha value is -1.78. The zero-order chi connectivity index (χ0) is 18.2. The number of unbranched alkanes of at least 4 members (excludes halogenated alkanes) is 3. The predicted molar refractivity (Wildman–Crippen MR) is 96.5 cm³/mol. The van der Waals surface area contributed by atoms with E-state index in [2.05, 4.69) is 18.7 Å². The van der Waals surface area contributed by atoms with Crippen molar-refractivity contribution in [2.75, 3.05) is 26.3 Å². The maximum atomic E-state index is 11.9. The van der Waals surface area contributed by atoms with Crippen LogP contribution in [0, 0.1) is 0 Å². The van der Waals surface area contributed by atoms with Crippen LogP contribution < -0.4 is 0 Å². The summed E-state index contributed by atoms with van der Waals surface area (Å²) in [5, 5.41) is 0. The lowest BCUT2D eigenvalue weighted by Gasteiger charge is -2.19.